The topological polar surface area (TPSA) is 298 Å². The highest BCUT2D eigenvalue weighted by Crippen LogP contribution is 2.44. The Balaban J connectivity index is 0.906. The van der Waals surface area contributed by atoms with Gasteiger partial charge in [0.25, 0.3) is 11.8 Å². The van der Waals surface area contributed by atoms with E-state index in [2.05, 4.69) is 10.6 Å². The van der Waals surface area contributed by atoms with Crippen LogP contribution in [-0.2, 0) is 70.0 Å². The maximum absolute atomic E-state index is 13.9. The van der Waals surface area contributed by atoms with Crippen molar-refractivity contribution in [2.45, 2.75) is 32.1 Å². The first kappa shape index (κ1) is 92.1. The van der Waals surface area contributed by atoms with Gasteiger partial charge < -0.3 is 134 Å². The molecule has 2 N–H and O–H groups in total. The molecule has 0 saturated heterocycles. The van der Waals surface area contributed by atoms with Gasteiger partial charge in [0.2, 0.25) is 0 Å². The van der Waals surface area contributed by atoms with Crippen molar-refractivity contribution in [3.63, 3.8) is 0 Å². The SMILES string of the molecule is COc1cc2c(OC)cc1Cc1cc(OC)c(cc1OC)Cc1cc(OC)c(cc1OC)Cc1cc(OC)c(cc1OC)OCCNC(=O)c1cc3cc(c1)OCCOCCOCCOCCOCCOc1cc(cc(c1)C(=O)NCCOc1cc(OC)c(cc1OC)Cc1cc(OC)c(cc1OC)C2)OCCOCCOCCOCCOCCO3. The summed E-state index contributed by atoms with van der Waals surface area (Å²) in [4.78, 5) is 27.8. The lowest BCUT2D eigenvalue weighted by molar-refractivity contribution is -0.00736. The Morgan fingerprint density at radius 2 is 0.372 bits per heavy atom. The summed E-state index contributed by atoms with van der Waals surface area (Å²) >= 11 is 0. The van der Waals surface area contributed by atoms with Crippen molar-refractivity contribution < 1.29 is 133 Å². The van der Waals surface area contributed by atoms with Gasteiger partial charge in [-0.1, -0.05) is 0 Å². The van der Waals surface area contributed by atoms with Gasteiger partial charge in [-0.2, -0.15) is 0 Å². The van der Waals surface area contributed by atoms with Gasteiger partial charge in [0.1, 0.15) is 120 Å². The molecule has 2 amide bonds. The molecule has 0 unspecified atom stereocenters. The minimum Gasteiger partial charge on any atom is -0.496 e. The highest BCUT2D eigenvalue weighted by molar-refractivity contribution is 5.95. The number of methoxy groups -OCH3 is 12. The van der Waals surface area contributed by atoms with E-state index >= 15 is 0 Å². The van der Waals surface area contributed by atoms with E-state index in [1.807, 2.05) is 60.7 Å². The molecule has 0 saturated carbocycles. The molecule has 0 fully saturated rings. The van der Waals surface area contributed by atoms with E-state index in [4.69, 9.17) is 123 Å². The van der Waals surface area contributed by atoms with Gasteiger partial charge in [0, 0.05) is 123 Å². The molecule has 16 aliphatic heterocycles. The van der Waals surface area contributed by atoms with E-state index in [0.717, 1.165) is 55.6 Å². The lowest BCUT2D eigenvalue weighted by atomic mass is 9.93. The molecule has 16 aliphatic rings. The molecule has 0 spiro atoms. The zero-order valence-corrected chi connectivity index (χ0v) is 71.3. The van der Waals surface area contributed by atoms with Crippen LogP contribution in [0.4, 0.5) is 0 Å². The quantitative estimate of drug-likeness (QED) is 0.115. The molecule has 0 aromatic heterocycles. The average molecular weight is 1680 g/mol. The number of ether oxygens (including phenoxy) is 26. The second-order valence-electron chi connectivity index (χ2n) is 27.3. The van der Waals surface area contributed by atoms with Gasteiger partial charge in [-0.25, -0.2) is 0 Å². The first-order valence-corrected chi connectivity index (χ1v) is 40.0. The Kier molecular flexibility index (Phi) is 37.7. The number of carbonyl (C=O) groups excluding carboxylic acids is 2. The van der Waals surface area contributed by atoms with Crippen LogP contribution in [0.1, 0.15) is 76.4 Å². The predicted octanol–water partition coefficient (Wildman–Crippen LogP) is 11.0. The number of amides is 2. The third kappa shape index (κ3) is 27.4. The summed E-state index contributed by atoms with van der Waals surface area (Å²) in [6, 6.07) is 32.9. The summed E-state index contributed by atoms with van der Waals surface area (Å²) < 4.78 is 156. The molecule has 0 aliphatic carbocycles. The van der Waals surface area contributed by atoms with E-state index in [1.54, 1.807) is 134 Å². The van der Waals surface area contributed by atoms with Gasteiger partial charge in [-0.15, -0.1) is 0 Å². The second-order valence-corrected chi connectivity index (χ2v) is 27.3. The van der Waals surface area contributed by atoms with Crippen LogP contribution in [0.3, 0.4) is 0 Å². The number of carbonyl (C=O) groups is 2. The lowest BCUT2D eigenvalue weighted by Gasteiger charge is -2.20. The van der Waals surface area contributed by atoms with Gasteiger partial charge in [-0.05, 0) is 84.9 Å². The maximum atomic E-state index is 13.9. The number of rotatable bonds is 12. The van der Waals surface area contributed by atoms with Crippen molar-refractivity contribution in [3.05, 3.63) is 176 Å². The number of fused-ring (bicyclic) bond motifs is 1. The van der Waals surface area contributed by atoms with Crippen LogP contribution >= 0.6 is 0 Å². The van der Waals surface area contributed by atoms with Crippen LogP contribution in [0.15, 0.2) is 109 Å². The molecule has 121 heavy (non-hydrogen) atoms. The van der Waals surface area contributed by atoms with Gasteiger partial charge in [0.05, 0.1) is 204 Å². The zero-order chi connectivity index (χ0) is 85.5. The summed E-state index contributed by atoms with van der Waals surface area (Å²) in [5.74, 6) is 8.45. The molecule has 0 atom stereocenters. The highest BCUT2D eigenvalue weighted by Gasteiger charge is 2.25. The van der Waals surface area contributed by atoms with Crippen LogP contribution < -0.4 is 95.9 Å². The summed E-state index contributed by atoms with van der Waals surface area (Å²) in [5, 5.41) is 5.91. The van der Waals surface area contributed by atoms with Crippen molar-refractivity contribution in [2.75, 3.05) is 244 Å². The van der Waals surface area contributed by atoms with Crippen LogP contribution in [0.5, 0.6) is 103 Å². The third-order valence-corrected chi connectivity index (χ3v) is 19.6. The van der Waals surface area contributed by atoms with Crippen LogP contribution in [0.2, 0.25) is 0 Å². The third-order valence-electron chi connectivity index (χ3n) is 19.6. The molecular formula is C91H114N2O28. The summed E-state index contributed by atoms with van der Waals surface area (Å²) in [6.07, 6.45) is 1.85. The Hall–Kier alpha value is -11.2. The van der Waals surface area contributed by atoms with E-state index in [0.29, 0.717) is 226 Å². The van der Waals surface area contributed by atoms with Crippen molar-refractivity contribution in [2.24, 2.45) is 0 Å². The molecule has 24 rings (SSSR count). The minimum atomic E-state index is -0.393. The average Bonchev–Trinajstić information content (AvgIpc) is 0.781. The molecule has 656 valence electrons. The van der Waals surface area contributed by atoms with Gasteiger partial charge in [-0.3, -0.25) is 9.59 Å². The largest absolute Gasteiger partial charge is 0.496 e. The summed E-state index contributed by atoms with van der Waals surface area (Å²) in [5.41, 5.74) is 8.75. The van der Waals surface area contributed by atoms with Gasteiger partial charge in [0.15, 0.2) is 23.0 Å². The zero-order valence-electron chi connectivity index (χ0n) is 71.3. The fourth-order valence-corrected chi connectivity index (χ4v) is 13.6. The van der Waals surface area contributed by atoms with Crippen molar-refractivity contribution in [1.29, 1.82) is 0 Å². The Labute approximate surface area is 707 Å². The molecule has 0 radical (unpaired) electrons. The van der Waals surface area contributed by atoms with Crippen molar-refractivity contribution in [1.82, 2.24) is 10.6 Å². The van der Waals surface area contributed by atoms with E-state index in [-0.39, 0.29) is 79.2 Å². The van der Waals surface area contributed by atoms with Crippen LogP contribution in [-0.4, -0.2) is 256 Å². The number of nitrogens with one attached hydrogen (secondary N) is 2. The molecule has 8 aromatic rings. The molecular weight excluding hydrogens is 1570 g/mol. The summed E-state index contributed by atoms with van der Waals surface area (Å²) in [7, 11) is 19.3. The Morgan fingerprint density at radius 1 is 0.198 bits per heavy atom. The Morgan fingerprint density at radius 3 is 0.562 bits per heavy atom. The maximum Gasteiger partial charge on any atom is 0.251 e. The number of hydrogen-bond donors (Lipinski definition) is 2. The number of hydrogen-bond acceptors (Lipinski definition) is 28. The molecule has 30 nitrogen and oxygen atoms in total. The fourth-order valence-electron chi connectivity index (χ4n) is 13.6. The monoisotopic (exact) mass is 1680 g/mol. The fraction of sp³-hybridized carbons (Fsp3) is 0.451. The van der Waals surface area contributed by atoms with E-state index < -0.39 is 11.8 Å². The predicted molar refractivity (Wildman–Crippen MR) is 448 cm³/mol. The smallest absolute Gasteiger partial charge is 0.251 e. The standard InChI is InChI=1S/C91H114N2O28/c1-96-76-48-62-38-64-50-82(102-7)66(52-80(64)100-5)40-68-54-86(106-11)88(58-84(68)104-9)120-15-13-92-90(94)70-42-72-56-73(43-70)117-34-30-113-26-22-109-18-20-111-24-28-115-32-36-119-75-45-71(44-74(57-75)118-35-31-114-27-23-110-19-17-108-21-25-112-29-33-116-72)91(95)93-14-16-121-89-59-85(105-10)69(55-87(89)107-12)41-67-53-81(101-6)65(51-83(67)103-8)39-63-49-77(97-2)61(47-79(63)99-4)37-60(76)46-78(62)98-3/h42-59H,13-41H2,1-12H3,(H,92,94)(H,93,95). The lowest BCUT2D eigenvalue weighted by Crippen LogP contribution is -2.28. The molecule has 16 heterocycles. The molecule has 30 heteroatoms. The van der Waals surface area contributed by atoms with E-state index in [9.17, 15) is 9.59 Å². The first-order valence-electron chi connectivity index (χ1n) is 40.0. The van der Waals surface area contributed by atoms with Crippen LogP contribution in [0.25, 0.3) is 0 Å². The van der Waals surface area contributed by atoms with Crippen molar-refractivity contribution >= 4 is 11.8 Å². The Bertz CT molecular complexity index is 4240. The summed E-state index contributed by atoms with van der Waals surface area (Å²) in [6.45, 7) is 5.92. The first-order chi connectivity index (χ1) is 59.3. The normalized spacial score (nSPS) is 15.8. The van der Waals surface area contributed by atoms with Crippen LogP contribution in [0, 0.1) is 0 Å². The molecule has 18 bridgehead atoms. The highest BCUT2D eigenvalue weighted by atomic mass is 16.6. The van der Waals surface area contributed by atoms with Crippen molar-refractivity contribution in [3.8, 4) is 103 Å². The molecule has 8 aromatic carbocycles. The minimum absolute atomic E-state index is 0.0720. The second kappa shape index (κ2) is 49.5. The number of benzene rings is 8. The van der Waals surface area contributed by atoms with E-state index in [1.165, 1.54) is 0 Å². The van der Waals surface area contributed by atoms with Gasteiger partial charge >= 0.3 is 0 Å².